The molecule has 0 bridgehead atoms. The molecule has 0 amide bonds. The van der Waals surface area contributed by atoms with Gasteiger partial charge < -0.3 is 10.1 Å². The maximum absolute atomic E-state index is 5.33. The summed E-state index contributed by atoms with van der Waals surface area (Å²) < 4.78 is 5.33. The molecule has 1 unspecified atom stereocenters. The van der Waals surface area contributed by atoms with Gasteiger partial charge in [0.25, 0.3) is 0 Å². The van der Waals surface area contributed by atoms with Crippen LogP contribution < -0.4 is 5.32 Å². The van der Waals surface area contributed by atoms with E-state index in [-0.39, 0.29) is 0 Å². The number of ether oxygens (including phenoxy) is 1. The Hall–Kier alpha value is -1.61. The lowest BCUT2D eigenvalue weighted by Crippen LogP contribution is -2.18. The molecule has 16 heavy (non-hydrogen) atoms. The molecule has 1 aliphatic heterocycles. The highest BCUT2D eigenvalue weighted by Gasteiger charge is 2.14. The van der Waals surface area contributed by atoms with E-state index in [4.69, 9.17) is 4.74 Å². The molecule has 2 aromatic rings. The topological polar surface area (TPSA) is 34.2 Å². The molecule has 3 rings (SSSR count). The number of nitrogens with zero attached hydrogens (tertiary/aromatic N) is 1. The Balaban J connectivity index is 1.86. The number of pyridine rings is 1. The number of fused-ring (bicyclic) bond motifs is 1. The van der Waals surface area contributed by atoms with Gasteiger partial charge in [0, 0.05) is 12.0 Å². The van der Waals surface area contributed by atoms with Gasteiger partial charge >= 0.3 is 0 Å². The number of hydrogen-bond donors (Lipinski definition) is 1. The maximum Gasteiger partial charge on any atom is 0.0703 e. The molecule has 1 saturated heterocycles. The van der Waals surface area contributed by atoms with Crippen LogP contribution in [0.15, 0.2) is 36.5 Å². The van der Waals surface area contributed by atoms with Crippen molar-refractivity contribution in [2.75, 3.05) is 18.5 Å². The molecule has 0 aliphatic carbocycles. The molecule has 82 valence electrons. The van der Waals surface area contributed by atoms with E-state index in [1.165, 1.54) is 5.39 Å². The van der Waals surface area contributed by atoms with E-state index < -0.39 is 0 Å². The molecule has 0 saturated carbocycles. The summed E-state index contributed by atoms with van der Waals surface area (Å²) in [5.41, 5.74) is 2.12. The van der Waals surface area contributed by atoms with Gasteiger partial charge in [0.05, 0.1) is 30.0 Å². The van der Waals surface area contributed by atoms with Crippen LogP contribution in [-0.4, -0.2) is 24.2 Å². The van der Waals surface area contributed by atoms with Gasteiger partial charge in [0.2, 0.25) is 0 Å². The van der Waals surface area contributed by atoms with Crippen molar-refractivity contribution < 1.29 is 4.74 Å². The van der Waals surface area contributed by atoms with Gasteiger partial charge in [-0.25, -0.2) is 0 Å². The molecule has 1 fully saturated rings. The molecule has 2 heterocycles. The number of hydrogen-bond acceptors (Lipinski definition) is 3. The largest absolute Gasteiger partial charge is 0.379 e. The van der Waals surface area contributed by atoms with E-state index in [0.29, 0.717) is 6.04 Å². The van der Waals surface area contributed by atoms with Gasteiger partial charge in [-0.3, -0.25) is 4.98 Å². The molecule has 1 aliphatic rings. The Labute approximate surface area is 94.5 Å². The molecular formula is C13H14N2O. The van der Waals surface area contributed by atoms with Crippen LogP contribution in [0.25, 0.3) is 10.9 Å². The van der Waals surface area contributed by atoms with E-state index in [1.54, 1.807) is 0 Å². The van der Waals surface area contributed by atoms with Gasteiger partial charge in [-0.15, -0.1) is 0 Å². The summed E-state index contributed by atoms with van der Waals surface area (Å²) in [4.78, 5) is 4.42. The van der Waals surface area contributed by atoms with Crippen LogP contribution in [0, 0.1) is 0 Å². The summed E-state index contributed by atoms with van der Waals surface area (Å²) in [7, 11) is 0. The molecule has 1 aromatic heterocycles. The maximum atomic E-state index is 5.33. The van der Waals surface area contributed by atoms with Crippen molar-refractivity contribution in [3.05, 3.63) is 36.5 Å². The Morgan fingerprint density at radius 1 is 1.31 bits per heavy atom. The molecule has 1 atom stereocenters. The van der Waals surface area contributed by atoms with Crippen molar-refractivity contribution >= 4 is 16.6 Å². The summed E-state index contributed by atoms with van der Waals surface area (Å²) in [6.07, 6.45) is 2.97. The summed E-state index contributed by atoms with van der Waals surface area (Å²) in [5.74, 6) is 0. The zero-order valence-corrected chi connectivity index (χ0v) is 9.02. The van der Waals surface area contributed by atoms with Crippen molar-refractivity contribution in [3.8, 4) is 0 Å². The summed E-state index contributed by atoms with van der Waals surface area (Å²) in [5, 5.41) is 4.62. The molecule has 1 aromatic carbocycles. The van der Waals surface area contributed by atoms with E-state index in [0.717, 1.165) is 30.8 Å². The average molecular weight is 214 g/mol. The standard InChI is InChI=1S/C13H14N2O/c1-2-4-13-10(3-1)7-12(8-14-13)15-11-5-6-16-9-11/h1-4,7-8,11,15H,5-6,9H2. The number of aromatic nitrogens is 1. The first kappa shape index (κ1) is 9.60. The molecule has 3 nitrogen and oxygen atoms in total. The minimum atomic E-state index is 0.433. The first-order valence-corrected chi connectivity index (χ1v) is 5.61. The van der Waals surface area contributed by atoms with E-state index >= 15 is 0 Å². The van der Waals surface area contributed by atoms with E-state index in [9.17, 15) is 0 Å². The monoisotopic (exact) mass is 214 g/mol. The lowest BCUT2D eigenvalue weighted by Gasteiger charge is -2.12. The van der Waals surface area contributed by atoms with Crippen molar-refractivity contribution in [1.29, 1.82) is 0 Å². The van der Waals surface area contributed by atoms with Crippen molar-refractivity contribution in [2.45, 2.75) is 12.5 Å². The number of benzene rings is 1. The summed E-state index contributed by atoms with van der Waals surface area (Å²) >= 11 is 0. The minimum absolute atomic E-state index is 0.433. The second-order valence-electron chi connectivity index (χ2n) is 4.12. The van der Waals surface area contributed by atoms with Crippen LogP contribution >= 0.6 is 0 Å². The SMILES string of the molecule is c1ccc2ncc(NC3CCOC3)cc2c1. The second kappa shape index (κ2) is 4.10. The van der Waals surface area contributed by atoms with E-state index in [1.807, 2.05) is 24.4 Å². The fourth-order valence-corrected chi connectivity index (χ4v) is 2.03. The second-order valence-corrected chi connectivity index (χ2v) is 4.12. The average Bonchev–Trinajstić information content (AvgIpc) is 2.82. The predicted octanol–water partition coefficient (Wildman–Crippen LogP) is 2.44. The van der Waals surface area contributed by atoms with Gasteiger partial charge in [-0.1, -0.05) is 18.2 Å². The van der Waals surface area contributed by atoms with Gasteiger partial charge in [0.15, 0.2) is 0 Å². The summed E-state index contributed by atoms with van der Waals surface area (Å²) in [6.45, 7) is 1.66. The van der Waals surface area contributed by atoms with Crippen LogP contribution in [0.2, 0.25) is 0 Å². The molecular weight excluding hydrogens is 200 g/mol. The lowest BCUT2D eigenvalue weighted by atomic mass is 10.2. The molecule has 0 radical (unpaired) electrons. The third kappa shape index (κ3) is 1.86. The number of anilines is 1. The Morgan fingerprint density at radius 2 is 2.25 bits per heavy atom. The Kier molecular flexibility index (Phi) is 2.46. The number of para-hydroxylation sites is 1. The molecule has 0 spiro atoms. The van der Waals surface area contributed by atoms with Crippen molar-refractivity contribution in [2.24, 2.45) is 0 Å². The van der Waals surface area contributed by atoms with E-state index in [2.05, 4.69) is 22.4 Å². The van der Waals surface area contributed by atoms with Crippen LogP contribution in [0.1, 0.15) is 6.42 Å². The predicted molar refractivity (Wildman–Crippen MR) is 64.6 cm³/mol. The Morgan fingerprint density at radius 3 is 3.12 bits per heavy atom. The first-order chi connectivity index (χ1) is 7.92. The third-order valence-electron chi connectivity index (χ3n) is 2.89. The molecule has 1 N–H and O–H groups in total. The van der Waals surface area contributed by atoms with Crippen LogP contribution in [0.3, 0.4) is 0 Å². The van der Waals surface area contributed by atoms with Crippen molar-refractivity contribution in [1.82, 2.24) is 4.98 Å². The number of rotatable bonds is 2. The lowest BCUT2D eigenvalue weighted by molar-refractivity contribution is 0.195. The summed E-state index contributed by atoms with van der Waals surface area (Å²) in [6, 6.07) is 10.7. The van der Waals surface area contributed by atoms with Gasteiger partial charge in [-0.05, 0) is 18.6 Å². The zero-order valence-electron chi connectivity index (χ0n) is 9.02. The highest BCUT2D eigenvalue weighted by Crippen LogP contribution is 2.18. The quantitative estimate of drug-likeness (QED) is 0.833. The van der Waals surface area contributed by atoms with Crippen LogP contribution in [-0.2, 0) is 4.74 Å². The van der Waals surface area contributed by atoms with Crippen LogP contribution in [0.5, 0.6) is 0 Å². The first-order valence-electron chi connectivity index (χ1n) is 5.61. The smallest absolute Gasteiger partial charge is 0.0703 e. The third-order valence-corrected chi connectivity index (χ3v) is 2.89. The fraction of sp³-hybridized carbons (Fsp3) is 0.308. The Bertz CT molecular complexity index is 492. The minimum Gasteiger partial charge on any atom is -0.379 e. The highest BCUT2D eigenvalue weighted by atomic mass is 16.5. The highest BCUT2D eigenvalue weighted by molar-refractivity contribution is 5.81. The van der Waals surface area contributed by atoms with Crippen LogP contribution in [0.4, 0.5) is 5.69 Å². The van der Waals surface area contributed by atoms with Gasteiger partial charge in [-0.2, -0.15) is 0 Å². The zero-order chi connectivity index (χ0) is 10.8. The number of nitrogens with one attached hydrogen (secondary N) is 1. The fourth-order valence-electron chi connectivity index (χ4n) is 2.03. The molecule has 3 heteroatoms. The van der Waals surface area contributed by atoms with Gasteiger partial charge in [0.1, 0.15) is 0 Å². The normalized spacial score (nSPS) is 20.1. The van der Waals surface area contributed by atoms with Crippen molar-refractivity contribution in [3.63, 3.8) is 0 Å².